The molecule has 0 aromatic rings. The van der Waals surface area contributed by atoms with Crippen LogP contribution in [0.4, 0.5) is 0 Å². The first kappa shape index (κ1) is 16.8. The molecule has 4 aliphatic carbocycles. The van der Waals surface area contributed by atoms with Gasteiger partial charge in [0.25, 0.3) is 0 Å². The standard InChI is InChI=1S/C19H24O6/c1-9-7-18-8-19(9,25)6-5-11(18)10-3-4-12(20)17(2,16(23)24)13(10)14(18)15(21)22/h3-4,10-14,20,25H,1,5-8H2,2H3,(H,21,22)(H,23,24)/t10?,11-,12-,13+,14+,17+,18-,19-/m0/s1. The summed E-state index contributed by atoms with van der Waals surface area (Å²) in [6.07, 6.45) is 4.03. The number of carboxylic acids is 2. The number of aliphatic hydroxyl groups excluding tert-OH is 1. The van der Waals surface area contributed by atoms with Crippen LogP contribution in [0.5, 0.6) is 0 Å². The lowest BCUT2D eigenvalue weighted by molar-refractivity contribution is -0.167. The maximum atomic E-state index is 12.3. The smallest absolute Gasteiger partial charge is 0.312 e. The van der Waals surface area contributed by atoms with Gasteiger partial charge in [0.1, 0.15) is 0 Å². The molecule has 6 heteroatoms. The fourth-order valence-electron chi connectivity index (χ4n) is 6.66. The van der Waals surface area contributed by atoms with Crippen LogP contribution < -0.4 is 0 Å². The molecular formula is C19H24O6. The van der Waals surface area contributed by atoms with E-state index < -0.39 is 46.3 Å². The highest BCUT2D eigenvalue weighted by Gasteiger charge is 2.74. The molecule has 0 saturated heterocycles. The molecule has 25 heavy (non-hydrogen) atoms. The van der Waals surface area contributed by atoms with E-state index in [1.54, 1.807) is 0 Å². The zero-order valence-electron chi connectivity index (χ0n) is 14.2. The SMILES string of the molecule is C=C1C[C@]23C[C@@]1(O)CC[C@H]2C1C=C[C@H](O)[C@@](C)(C(=O)O)[C@H]1[C@@H]3C(=O)O. The van der Waals surface area contributed by atoms with Crippen molar-refractivity contribution in [2.45, 2.75) is 44.3 Å². The van der Waals surface area contributed by atoms with Crippen LogP contribution in [-0.4, -0.2) is 44.1 Å². The fourth-order valence-corrected chi connectivity index (χ4v) is 6.66. The molecule has 1 unspecified atom stereocenters. The van der Waals surface area contributed by atoms with Crippen LogP contribution in [0.1, 0.15) is 32.6 Å². The van der Waals surface area contributed by atoms with Gasteiger partial charge in [0.15, 0.2) is 0 Å². The summed E-state index contributed by atoms with van der Waals surface area (Å²) in [4.78, 5) is 24.4. The molecule has 0 radical (unpaired) electrons. The number of carbonyl (C=O) groups is 2. The zero-order valence-corrected chi connectivity index (χ0v) is 14.2. The molecule has 136 valence electrons. The average Bonchev–Trinajstić information content (AvgIpc) is 2.90. The molecule has 1 spiro atoms. The fraction of sp³-hybridized carbons (Fsp3) is 0.684. The van der Waals surface area contributed by atoms with Gasteiger partial charge in [-0.25, -0.2) is 0 Å². The highest BCUT2D eigenvalue weighted by Crippen LogP contribution is 2.73. The Morgan fingerprint density at radius 2 is 1.96 bits per heavy atom. The highest BCUT2D eigenvalue weighted by molar-refractivity contribution is 5.80. The molecule has 0 amide bonds. The molecule has 3 saturated carbocycles. The molecule has 4 rings (SSSR count). The summed E-state index contributed by atoms with van der Waals surface area (Å²) in [6.45, 7) is 5.45. The van der Waals surface area contributed by atoms with Gasteiger partial charge in [0.05, 0.1) is 23.0 Å². The van der Waals surface area contributed by atoms with Gasteiger partial charge < -0.3 is 20.4 Å². The second-order valence-electron chi connectivity index (χ2n) is 8.70. The van der Waals surface area contributed by atoms with E-state index in [0.29, 0.717) is 31.3 Å². The third-order valence-electron chi connectivity index (χ3n) is 7.84. The third kappa shape index (κ3) is 1.77. The van der Waals surface area contributed by atoms with Gasteiger partial charge in [0.2, 0.25) is 0 Å². The van der Waals surface area contributed by atoms with Gasteiger partial charge in [-0.1, -0.05) is 18.7 Å². The Hall–Kier alpha value is -1.66. The lowest BCUT2D eigenvalue weighted by Crippen LogP contribution is -2.52. The Morgan fingerprint density at radius 1 is 1.28 bits per heavy atom. The number of carboxylic acid groups (broad SMARTS) is 2. The quantitative estimate of drug-likeness (QED) is 0.561. The first-order chi connectivity index (χ1) is 11.6. The van der Waals surface area contributed by atoms with Crippen molar-refractivity contribution in [3.8, 4) is 0 Å². The van der Waals surface area contributed by atoms with Crippen LogP contribution in [-0.2, 0) is 9.59 Å². The van der Waals surface area contributed by atoms with E-state index >= 15 is 0 Å². The first-order valence-corrected chi connectivity index (χ1v) is 8.81. The predicted molar refractivity (Wildman–Crippen MR) is 87.5 cm³/mol. The van der Waals surface area contributed by atoms with Crippen molar-refractivity contribution in [2.24, 2.45) is 34.5 Å². The Balaban J connectivity index is 1.92. The number of hydrogen-bond donors (Lipinski definition) is 4. The van der Waals surface area contributed by atoms with E-state index in [1.165, 1.54) is 13.0 Å². The lowest BCUT2D eigenvalue weighted by Gasteiger charge is -2.43. The van der Waals surface area contributed by atoms with Crippen LogP contribution in [0.25, 0.3) is 0 Å². The summed E-state index contributed by atoms with van der Waals surface area (Å²) < 4.78 is 0. The van der Waals surface area contributed by atoms with Crippen molar-refractivity contribution in [3.05, 3.63) is 24.3 Å². The van der Waals surface area contributed by atoms with Crippen molar-refractivity contribution >= 4 is 11.9 Å². The normalized spacial score (nSPS) is 53.4. The number of aliphatic hydroxyl groups is 2. The maximum absolute atomic E-state index is 12.3. The summed E-state index contributed by atoms with van der Waals surface area (Å²) in [6, 6.07) is 0. The molecular weight excluding hydrogens is 324 g/mol. The van der Waals surface area contributed by atoms with Crippen molar-refractivity contribution < 1.29 is 30.0 Å². The second-order valence-corrected chi connectivity index (χ2v) is 8.70. The van der Waals surface area contributed by atoms with Crippen molar-refractivity contribution in [1.82, 2.24) is 0 Å². The average molecular weight is 348 g/mol. The van der Waals surface area contributed by atoms with E-state index in [1.807, 2.05) is 6.08 Å². The van der Waals surface area contributed by atoms with E-state index in [0.717, 1.165) is 0 Å². The van der Waals surface area contributed by atoms with Crippen molar-refractivity contribution in [1.29, 1.82) is 0 Å². The molecule has 0 aromatic carbocycles. The van der Waals surface area contributed by atoms with E-state index in [4.69, 9.17) is 0 Å². The van der Waals surface area contributed by atoms with E-state index in [9.17, 15) is 30.0 Å². The van der Waals surface area contributed by atoms with Gasteiger partial charge in [-0.2, -0.15) is 0 Å². The minimum absolute atomic E-state index is 0.0134. The van der Waals surface area contributed by atoms with Crippen molar-refractivity contribution in [3.63, 3.8) is 0 Å². The molecule has 8 atom stereocenters. The number of hydrogen-bond acceptors (Lipinski definition) is 4. The lowest BCUT2D eigenvalue weighted by atomic mass is 9.60. The van der Waals surface area contributed by atoms with Crippen molar-refractivity contribution in [2.75, 3.05) is 0 Å². The van der Waals surface area contributed by atoms with Crippen LogP contribution in [0, 0.1) is 34.5 Å². The van der Waals surface area contributed by atoms with Gasteiger partial charge in [-0.3, -0.25) is 9.59 Å². The topological polar surface area (TPSA) is 115 Å². The summed E-state index contributed by atoms with van der Waals surface area (Å²) >= 11 is 0. The first-order valence-electron chi connectivity index (χ1n) is 8.81. The van der Waals surface area contributed by atoms with Crippen LogP contribution in [0.15, 0.2) is 24.3 Å². The highest BCUT2D eigenvalue weighted by atomic mass is 16.4. The van der Waals surface area contributed by atoms with Crippen LogP contribution in [0.2, 0.25) is 0 Å². The van der Waals surface area contributed by atoms with E-state index in [-0.39, 0.29) is 11.8 Å². The number of rotatable bonds is 2. The Morgan fingerprint density at radius 3 is 2.56 bits per heavy atom. The second kappa shape index (κ2) is 4.74. The Bertz CT molecular complexity index is 713. The monoisotopic (exact) mass is 348 g/mol. The van der Waals surface area contributed by atoms with Gasteiger partial charge in [-0.05, 0) is 61.3 Å². The Kier molecular flexibility index (Phi) is 3.18. The predicted octanol–water partition coefficient (Wildman–Crippen LogP) is 1.43. The van der Waals surface area contributed by atoms with E-state index in [2.05, 4.69) is 6.58 Å². The van der Waals surface area contributed by atoms with Gasteiger partial charge in [-0.15, -0.1) is 0 Å². The summed E-state index contributed by atoms with van der Waals surface area (Å²) in [5, 5.41) is 41.2. The molecule has 6 nitrogen and oxygen atoms in total. The van der Waals surface area contributed by atoms with Gasteiger partial charge in [0, 0.05) is 0 Å². The minimum Gasteiger partial charge on any atom is -0.481 e. The minimum atomic E-state index is -1.56. The Labute approximate surface area is 145 Å². The third-order valence-corrected chi connectivity index (χ3v) is 7.84. The maximum Gasteiger partial charge on any atom is 0.312 e. The molecule has 0 aliphatic heterocycles. The zero-order chi connectivity index (χ0) is 18.4. The summed E-state index contributed by atoms with van der Waals surface area (Å²) in [5.41, 5.74) is -2.62. The number of aliphatic carboxylic acids is 2. The van der Waals surface area contributed by atoms with Crippen LogP contribution in [0.3, 0.4) is 0 Å². The number of fused-ring (bicyclic) bond motifs is 3. The molecule has 4 N–H and O–H groups in total. The summed E-state index contributed by atoms with van der Waals surface area (Å²) in [7, 11) is 0. The largest absolute Gasteiger partial charge is 0.481 e. The molecule has 2 bridgehead atoms. The molecule has 3 fully saturated rings. The van der Waals surface area contributed by atoms with Gasteiger partial charge >= 0.3 is 11.9 Å². The van der Waals surface area contributed by atoms with Crippen LogP contribution >= 0.6 is 0 Å². The number of allylic oxidation sites excluding steroid dienone is 1. The molecule has 0 aromatic heterocycles. The molecule has 4 aliphatic rings. The molecule has 0 heterocycles. The summed E-state index contributed by atoms with van der Waals surface area (Å²) in [5.74, 6) is -4.07.